The topological polar surface area (TPSA) is 42.4 Å². The molecule has 80 valence electrons. The molecule has 1 aromatic heterocycles. The zero-order chi connectivity index (χ0) is 10.5. The molecule has 1 aromatic rings. The molecule has 1 amide bonds. The van der Waals surface area contributed by atoms with Crippen LogP contribution in [0.25, 0.3) is 0 Å². The first-order valence-electron chi connectivity index (χ1n) is 5.15. The van der Waals surface area contributed by atoms with E-state index >= 15 is 0 Å². The van der Waals surface area contributed by atoms with Crippen LogP contribution in [-0.4, -0.2) is 42.1 Å². The van der Waals surface area contributed by atoms with Crippen molar-refractivity contribution in [2.24, 2.45) is 0 Å². The standard InChI is InChI=1S/C11H14N2O2/c14-11(10-3-1-4-12-9-10)13-5-2-7-15-8-6-13/h1,3-4,9H,2,5-8H2. The van der Waals surface area contributed by atoms with E-state index in [0.717, 1.165) is 19.6 Å². The molecule has 0 spiro atoms. The number of carbonyl (C=O) groups is 1. The van der Waals surface area contributed by atoms with Crippen molar-refractivity contribution >= 4 is 5.91 Å². The van der Waals surface area contributed by atoms with Crippen LogP contribution < -0.4 is 0 Å². The van der Waals surface area contributed by atoms with E-state index in [1.807, 2.05) is 4.90 Å². The second-order valence-electron chi connectivity index (χ2n) is 3.50. The first kappa shape index (κ1) is 10.1. The Balaban J connectivity index is 2.06. The first-order chi connectivity index (χ1) is 7.38. The van der Waals surface area contributed by atoms with Gasteiger partial charge in [0.1, 0.15) is 0 Å². The van der Waals surface area contributed by atoms with Gasteiger partial charge in [-0.25, -0.2) is 0 Å². The van der Waals surface area contributed by atoms with Gasteiger partial charge in [0.2, 0.25) is 0 Å². The predicted molar refractivity (Wildman–Crippen MR) is 55.6 cm³/mol. The first-order valence-corrected chi connectivity index (χ1v) is 5.15. The van der Waals surface area contributed by atoms with Crippen LogP contribution in [0.1, 0.15) is 16.8 Å². The summed E-state index contributed by atoms with van der Waals surface area (Å²) in [5, 5.41) is 0. The van der Waals surface area contributed by atoms with E-state index in [2.05, 4.69) is 4.98 Å². The van der Waals surface area contributed by atoms with E-state index < -0.39 is 0 Å². The number of aromatic nitrogens is 1. The maximum Gasteiger partial charge on any atom is 0.255 e. The Morgan fingerprint density at radius 2 is 2.33 bits per heavy atom. The Labute approximate surface area is 88.9 Å². The fourth-order valence-corrected chi connectivity index (χ4v) is 1.62. The molecule has 0 radical (unpaired) electrons. The van der Waals surface area contributed by atoms with Gasteiger partial charge in [0, 0.05) is 32.1 Å². The molecular weight excluding hydrogens is 192 g/mol. The molecule has 4 nitrogen and oxygen atoms in total. The van der Waals surface area contributed by atoms with Crippen molar-refractivity contribution in [3.05, 3.63) is 30.1 Å². The Hall–Kier alpha value is -1.42. The van der Waals surface area contributed by atoms with Gasteiger partial charge in [0.25, 0.3) is 5.91 Å². The minimum atomic E-state index is 0.0496. The van der Waals surface area contributed by atoms with Crippen LogP contribution in [0, 0.1) is 0 Å². The third kappa shape index (κ3) is 2.53. The van der Waals surface area contributed by atoms with Crippen molar-refractivity contribution in [3.63, 3.8) is 0 Å². The van der Waals surface area contributed by atoms with Crippen LogP contribution in [0.5, 0.6) is 0 Å². The predicted octanol–water partition coefficient (Wildman–Crippen LogP) is 0.944. The summed E-state index contributed by atoms with van der Waals surface area (Å²) in [6.07, 6.45) is 4.18. The number of hydrogen-bond donors (Lipinski definition) is 0. The van der Waals surface area contributed by atoms with Crippen molar-refractivity contribution < 1.29 is 9.53 Å². The highest BCUT2D eigenvalue weighted by Crippen LogP contribution is 2.06. The molecule has 1 saturated heterocycles. The average Bonchev–Trinajstić information content (AvgIpc) is 2.58. The van der Waals surface area contributed by atoms with Crippen molar-refractivity contribution in [3.8, 4) is 0 Å². The molecule has 0 bridgehead atoms. The van der Waals surface area contributed by atoms with Gasteiger partial charge in [-0.1, -0.05) is 0 Å². The summed E-state index contributed by atoms with van der Waals surface area (Å²) >= 11 is 0. The molecule has 1 fully saturated rings. The minimum absolute atomic E-state index is 0.0496. The number of hydrogen-bond acceptors (Lipinski definition) is 3. The molecule has 0 N–H and O–H groups in total. The van der Waals surface area contributed by atoms with E-state index in [0.29, 0.717) is 18.7 Å². The zero-order valence-corrected chi connectivity index (χ0v) is 8.56. The number of carbonyl (C=O) groups excluding carboxylic acids is 1. The molecule has 0 unspecified atom stereocenters. The quantitative estimate of drug-likeness (QED) is 0.687. The van der Waals surface area contributed by atoms with Crippen molar-refractivity contribution in [2.75, 3.05) is 26.3 Å². The lowest BCUT2D eigenvalue weighted by Crippen LogP contribution is -2.33. The molecule has 1 aliphatic heterocycles. The fourth-order valence-electron chi connectivity index (χ4n) is 1.62. The third-order valence-corrected chi connectivity index (χ3v) is 2.42. The lowest BCUT2D eigenvalue weighted by molar-refractivity contribution is 0.0741. The van der Waals surface area contributed by atoms with E-state index in [9.17, 15) is 4.79 Å². The summed E-state index contributed by atoms with van der Waals surface area (Å²) in [4.78, 5) is 17.8. The highest BCUT2D eigenvalue weighted by atomic mass is 16.5. The molecule has 1 aliphatic rings. The van der Waals surface area contributed by atoms with E-state index in [4.69, 9.17) is 4.74 Å². The lowest BCUT2D eigenvalue weighted by atomic mass is 10.2. The molecule has 0 aliphatic carbocycles. The van der Waals surface area contributed by atoms with Gasteiger partial charge in [-0.3, -0.25) is 9.78 Å². The van der Waals surface area contributed by atoms with Crippen LogP contribution >= 0.6 is 0 Å². The van der Waals surface area contributed by atoms with E-state index in [1.54, 1.807) is 24.5 Å². The van der Waals surface area contributed by atoms with Gasteiger partial charge in [-0.15, -0.1) is 0 Å². The van der Waals surface area contributed by atoms with Crippen LogP contribution in [0.2, 0.25) is 0 Å². The number of ether oxygens (including phenoxy) is 1. The fraction of sp³-hybridized carbons (Fsp3) is 0.455. The van der Waals surface area contributed by atoms with Gasteiger partial charge >= 0.3 is 0 Å². The summed E-state index contributed by atoms with van der Waals surface area (Å²) in [7, 11) is 0. The van der Waals surface area contributed by atoms with Gasteiger partial charge < -0.3 is 9.64 Å². The van der Waals surface area contributed by atoms with Crippen molar-refractivity contribution in [2.45, 2.75) is 6.42 Å². The molecular formula is C11H14N2O2. The third-order valence-electron chi connectivity index (χ3n) is 2.42. The van der Waals surface area contributed by atoms with Gasteiger partial charge in [-0.05, 0) is 18.6 Å². The maximum absolute atomic E-state index is 12.0. The van der Waals surface area contributed by atoms with E-state index in [1.165, 1.54) is 0 Å². The Morgan fingerprint density at radius 3 is 3.13 bits per heavy atom. The highest BCUT2D eigenvalue weighted by Gasteiger charge is 2.16. The van der Waals surface area contributed by atoms with Gasteiger partial charge in [0.05, 0.1) is 12.2 Å². The summed E-state index contributed by atoms with van der Waals surface area (Å²) in [6.45, 7) is 2.82. The Bertz CT molecular complexity index is 319. The van der Waals surface area contributed by atoms with Crippen LogP contribution in [0.4, 0.5) is 0 Å². The molecule has 15 heavy (non-hydrogen) atoms. The van der Waals surface area contributed by atoms with Crippen LogP contribution in [-0.2, 0) is 4.74 Å². The average molecular weight is 206 g/mol. The minimum Gasteiger partial charge on any atom is -0.380 e. The van der Waals surface area contributed by atoms with Crippen molar-refractivity contribution in [1.82, 2.24) is 9.88 Å². The monoisotopic (exact) mass is 206 g/mol. The molecule has 2 rings (SSSR count). The van der Waals surface area contributed by atoms with Crippen LogP contribution in [0.15, 0.2) is 24.5 Å². The normalized spacial score (nSPS) is 17.2. The zero-order valence-electron chi connectivity index (χ0n) is 8.56. The molecule has 0 saturated carbocycles. The maximum atomic E-state index is 12.0. The number of nitrogens with zero attached hydrogens (tertiary/aromatic N) is 2. The highest BCUT2D eigenvalue weighted by molar-refractivity contribution is 5.93. The van der Waals surface area contributed by atoms with Gasteiger partial charge in [-0.2, -0.15) is 0 Å². The van der Waals surface area contributed by atoms with E-state index in [-0.39, 0.29) is 5.91 Å². The molecule has 4 heteroatoms. The number of pyridine rings is 1. The number of amides is 1. The Kier molecular flexibility index (Phi) is 3.29. The van der Waals surface area contributed by atoms with Crippen LogP contribution in [0.3, 0.4) is 0 Å². The SMILES string of the molecule is O=C(c1cccnc1)N1CCCOCC1. The van der Waals surface area contributed by atoms with Gasteiger partial charge in [0.15, 0.2) is 0 Å². The summed E-state index contributed by atoms with van der Waals surface area (Å²) in [5.74, 6) is 0.0496. The summed E-state index contributed by atoms with van der Waals surface area (Å²) in [6, 6.07) is 3.57. The second kappa shape index (κ2) is 4.89. The largest absolute Gasteiger partial charge is 0.380 e. The smallest absolute Gasteiger partial charge is 0.255 e. The lowest BCUT2D eigenvalue weighted by Gasteiger charge is -2.19. The molecule has 0 aromatic carbocycles. The summed E-state index contributed by atoms with van der Waals surface area (Å²) in [5.41, 5.74) is 0.652. The van der Waals surface area contributed by atoms with Crippen molar-refractivity contribution in [1.29, 1.82) is 0 Å². The Morgan fingerprint density at radius 1 is 1.40 bits per heavy atom. The molecule has 2 heterocycles. The number of rotatable bonds is 1. The molecule has 0 atom stereocenters. The second-order valence-corrected chi connectivity index (χ2v) is 3.50. The summed E-state index contributed by atoms with van der Waals surface area (Å²) < 4.78 is 5.30.